The van der Waals surface area contributed by atoms with E-state index < -0.39 is 0 Å². The molecule has 1 aliphatic rings. The number of benzene rings is 1. The third-order valence-electron chi connectivity index (χ3n) is 5.46. The molecule has 1 saturated carbocycles. The predicted octanol–water partition coefficient (Wildman–Crippen LogP) is 5.00. The molecule has 0 atom stereocenters. The van der Waals surface area contributed by atoms with Crippen LogP contribution < -0.4 is 5.73 Å². The molecular formula is C21H25ClN4. The van der Waals surface area contributed by atoms with Gasteiger partial charge in [-0.1, -0.05) is 43.0 Å². The molecular weight excluding hydrogens is 344 g/mol. The van der Waals surface area contributed by atoms with Crippen LogP contribution in [0.15, 0.2) is 42.6 Å². The lowest BCUT2D eigenvalue weighted by atomic mass is 9.94. The summed E-state index contributed by atoms with van der Waals surface area (Å²) in [5.41, 5.74) is 11.0. The maximum Gasteiger partial charge on any atom is 0.137 e. The number of rotatable bonds is 4. The van der Waals surface area contributed by atoms with Crippen molar-refractivity contribution in [3.63, 3.8) is 0 Å². The van der Waals surface area contributed by atoms with Crippen molar-refractivity contribution in [2.75, 3.05) is 12.8 Å². The summed E-state index contributed by atoms with van der Waals surface area (Å²) < 4.78 is 2.14. The van der Waals surface area contributed by atoms with E-state index in [1.807, 2.05) is 42.6 Å². The number of anilines is 1. The van der Waals surface area contributed by atoms with Crippen molar-refractivity contribution in [2.45, 2.75) is 44.7 Å². The summed E-state index contributed by atoms with van der Waals surface area (Å²) in [5, 5.41) is 0.739. The van der Waals surface area contributed by atoms with Gasteiger partial charge in [-0.15, -0.1) is 0 Å². The summed E-state index contributed by atoms with van der Waals surface area (Å²) in [5.74, 6) is 0. The second-order valence-corrected chi connectivity index (χ2v) is 7.75. The molecule has 0 saturated heterocycles. The van der Waals surface area contributed by atoms with Crippen LogP contribution in [-0.4, -0.2) is 27.4 Å². The van der Waals surface area contributed by atoms with E-state index in [4.69, 9.17) is 22.3 Å². The Kier molecular flexibility index (Phi) is 4.88. The molecule has 2 N–H and O–H groups in total. The molecule has 26 heavy (non-hydrogen) atoms. The minimum absolute atomic E-state index is 0.647. The van der Waals surface area contributed by atoms with Gasteiger partial charge in [0.2, 0.25) is 0 Å². The molecule has 0 radical (unpaired) electrons. The van der Waals surface area contributed by atoms with Crippen LogP contribution in [0.4, 0.5) is 5.69 Å². The van der Waals surface area contributed by atoms with Crippen LogP contribution >= 0.6 is 11.6 Å². The summed E-state index contributed by atoms with van der Waals surface area (Å²) in [6.45, 7) is 0.854. The molecule has 1 fully saturated rings. The molecule has 3 aromatic rings. The first kappa shape index (κ1) is 17.4. The third kappa shape index (κ3) is 3.44. The van der Waals surface area contributed by atoms with E-state index in [9.17, 15) is 0 Å². The van der Waals surface area contributed by atoms with E-state index in [1.165, 1.54) is 37.8 Å². The number of hydrogen-bond donors (Lipinski definition) is 1. The van der Waals surface area contributed by atoms with Crippen molar-refractivity contribution in [2.24, 2.45) is 0 Å². The standard InChI is InChI=1S/C21H25ClN4/c1-25(18-5-3-2-4-6-18)14-19-21(15-7-9-16(22)10-8-15)24-20-12-11-17(23)13-26(19)20/h7-13,18H,2-6,14,23H2,1H3. The largest absolute Gasteiger partial charge is 0.398 e. The molecule has 4 rings (SSSR count). The Morgan fingerprint density at radius 1 is 1.12 bits per heavy atom. The molecule has 1 aliphatic carbocycles. The topological polar surface area (TPSA) is 46.6 Å². The second kappa shape index (κ2) is 7.29. The number of pyridine rings is 1. The van der Waals surface area contributed by atoms with E-state index in [2.05, 4.69) is 16.3 Å². The maximum atomic E-state index is 6.07. The Hall–Kier alpha value is -2.04. The lowest BCUT2D eigenvalue weighted by molar-refractivity contribution is 0.182. The van der Waals surface area contributed by atoms with E-state index in [0.29, 0.717) is 6.04 Å². The monoisotopic (exact) mass is 368 g/mol. The molecule has 0 aliphatic heterocycles. The third-order valence-corrected chi connectivity index (χ3v) is 5.71. The first-order valence-corrected chi connectivity index (χ1v) is 9.72. The summed E-state index contributed by atoms with van der Waals surface area (Å²) in [4.78, 5) is 7.37. The van der Waals surface area contributed by atoms with Gasteiger partial charge in [-0.3, -0.25) is 4.90 Å². The second-order valence-electron chi connectivity index (χ2n) is 7.31. The fraction of sp³-hybridized carbons (Fsp3) is 0.381. The van der Waals surface area contributed by atoms with Crippen molar-refractivity contribution in [1.82, 2.24) is 14.3 Å². The number of halogens is 1. The van der Waals surface area contributed by atoms with Gasteiger partial charge in [0.1, 0.15) is 5.65 Å². The van der Waals surface area contributed by atoms with E-state index in [1.54, 1.807) is 0 Å². The Labute approximate surface area is 159 Å². The normalized spacial score (nSPS) is 15.8. The molecule has 0 bridgehead atoms. The van der Waals surface area contributed by atoms with Gasteiger partial charge < -0.3 is 10.1 Å². The molecule has 136 valence electrons. The van der Waals surface area contributed by atoms with Crippen molar-refractivity contribution in [1.29, 1.82) is 0 Å². The first-order chi connectivity index (χ1) is 12.6. The van der Waals surface area contributed by atoms with Crippen LogP contribution in [0.5, 0.6) is 0 Å². The summed E-state index contributed by atoms with van der Waals surface area (Å²) in [6, 6.07) is 12.5. The lowest BCUT2D eigenvalue weighted by Gasteiger charge is -2.31. The SMILES string of the molecule is CN(Cc1c(-c2ccc(Cl)cc2)nc2ccc(N)cn12)C1CCCCC1. The van der Waals surface area contributed by atoms with Crippen LogP contribution in [0.25, 0.3) is 16.9 Å². The molecule has 0 spiro atoms. The summed E-state index contributed by atoms with van der Waals surface area (Å²) >= 11 is 6.07. The molecule has 1 aromatic carbocycles. The number of nitrogen functional groups attached to an aromatic ring is 1. The van der Waals surface area contributed by atoms with Gasteiger partial charge in [-0.2, -0.15) is 0 Å². The van der Waals surface area contributed by atoms with Crippen LogP contribution in [0, 0.1) is 0 Å². The molecule has 2 aromatic heterocycles. The number of nitrogens with zero attached hydrogens (tertiary/aromatic N) is 3. The number of aromatic nitrogens is 2. The van der Waals surface area contributed by atoms with Crippen molar-refractivity contribution in [3.05, 3.63) is 53.3 Å². The van der Waals surface area contributed by atoms with Gasteiger partial charge >= 0.3 is 0 Å². The Bertz CT molecular complexity index is 894. The molecule has 4 nitrogen and oxygen atoms in total. The van der Waals surface area contributed by atoms with Gasteiger partial charge in [0.15, 0.2) is 0 Å². The van der Waals surface area contributed by atoms with Gasteiger partial charge in [-0.05, 0) is 44.2 Å². The highest BCUT2D eigenvalue weighted by molar-refractivity contribution is 6.30. The Morgan fingerprint density at radius 3 is 2.58 bits per heavy atom. The highest BCUT2D eigenvalue weighted by atomic mass is 35.5. The average Bonchev–Trinajstić information content (AvgIpc) is 3.01. The molecule has 5 heteroatoms. The van der Waals surface area contributed by atoms with Crippen molar-refractivity contribution in [3.8, 4) is 11.3 Å². The quantitative estimate of drug-likeness (QED) is 0.704. The summed E-state index contributed by atoms with van der Waals surface area (Å²) in [7, 11) is 2.23. The maximum absolute atomic E-state index is 6.07. The zero-order valence-electron chi connectivity index (χ0n) is 15.2. The lowest BCUT2D eigenvalue weighted by Crippen LogP contribution is -2.33. The van der Waals surface area contributed by atoms with E-state index in [0.717, 1.165) is 34.2 Å². The highest BCUT2D eigenvalue weighted by Crippen LogP contribution is 2.29. The average molecular weight is 369 g/mol. The predicted molar refractivity (Wildman–Crippen MR) is 108 cm³/mol. The molecule has 0 amide bonds. The fourth-order valence-corrected chi connectivity index (χ4v) is 4.11. The van der Waals surface area contributed by atoms with Crippen LogP contribution in [0.2, 0.25) is 5.02 Å². The number of hydrogen-bond acceptors (Lipinski definition) is 3. The minimum Gasteiger partial charge on any atom is -0.398 e. The van der Waals surface area contributed by atoms with Crippen LogP contribution in [-0.2, 0) is 6.54 Å². The molecule has 2 heterocycles. The zero-order chi connectivity index (χ0) is 18.1. The minimum atomic E-state index is 0.647. The van der Waals surface area contributed by atoms with Gasteiger partial charge in [0.05, 0.1) is 11.4 Å². The van der Waals surface area contributed by atoms with Crippen LogP contribution in [0.1, 0.15) is 37.8 Å². The Morgan fingerprint density at radius 2 is 1.85 bits per heavy atom. The van der Waals surface area contributed by atoms with Gasteiger partial charge in [0, 0.05) is 35.1 Å². The number of imidazole rings is 1. The van der Waals surface area contributed by atoms with Crippen molar-refractivity contribution >= 4 is 22.9 Å². The highest BCUT2D eigenvalue weighted by Gasteiger charge is 2.22. The summed E-state index contributed by atoms with van der Waals surface area (Å²) in [6.07, 6.45) is 8.58. The molecule has 0 unspecified atom stereocenters. The smallest absolute Gasteiger partial charge is 0.137 e. The number of nitrogens with two attached hydrogens (primary N) is 1. The van der Waals surface area contributed by atoms with E-state index in [-0.39, 0.29) is 0 Å². The first-order valence-electron chi connectivity index (χ1n) is 9.34. The fourth-order valence-electron chi connectivity index (χ4n) is 3.99. The van der Waals surface area contributed by atoms with Crippen molar-refractivity contribution < 1.29 is 0 Å². The van der Waals surface area contributed by atoms with Gasteiger partial charge in [-0.25, -0.2) is 4.98 Å². The van der Waals surface area contributed by atoms with Gasteiger partial charge in [0.25, 0.3) is 0 Å². The zero-order valence-corrected chi connectivity index (χ0v) is 15.9. The van der Waals surface area contributed by atoms with Crippen LogP contribution in [0.3, 0.4) is 0 Å². The number of fused-ring (bicyclic) bond motifs is 1. The Balaban J connectivity index is 1.75. The van der Waals surface area contributed by atoms with E-state index >= 15 is 0 Å².